The van der Waals surface area contributed by atoms with E-state index in [0.717, 1.165) is 16.5 Å². The fourth-order valence-corrected chi connectivity index (χ4v) is 2.06. The van der Waals surface area contributed by atoms with E-state index in [9.17, 15) is 4.79 Å². The highest BCUT2D eigenvalue weighted by Crippen LogP contribution is 2.32. The number of hydrogen-bond acceptors (Lipinski definition) is 2. The summed E-state index contributed by atoms with van der Waals surface area (Å²) in [7, 11) is 0. The molecular formula is C12H11ClO2. The zero-order valence-corrected chi connectivity index (χ0v) is 9.61. The minimum Gasteiger partial charge on any atom is -0.451 e. The van der Waals surface area contributed by atoms with Crippen molar-refractivity contribution in [2.45, 2.75) is 20.8 Å². The van der Waals surface area contributed by atoms with E-state index >= 15 is 0 Å². The summed E-state index contributed by atoms with van der Waals surface area (Å²) >= 11 is 6.05. The Morgan fingerprint density at radius 2 is 2.00 bits per heavy atom. The Balaban J connectivity index is 2.88. The topological polar surface area (TPSA) is 30.2 Å². The van der Waals surface area contributed by atoms with Crippen LogP contribution < -0.4 is 0 Å². The zero-order chi connectivity index (χ0) is 11.2. The normalized spacial score (nSPS) is 10.9. The van der Waals surface area contributed by atoms with Crippen molar-refractivity contribution >= 4 is 28.4 Å². The molecule has 0 atom stereocenters. The van der Waals surface area contributed by atoms with Crippen molar-refractivity contribution in [3.05, 3.63) is 34.0 Å². The monoisotopic (exact) mass is 222 g/mol. The molecule has 1 aromatic heterocycles. The molecule has 0 saturated heterocycles. The van der Waals surface area contributed by atoms with Gasteiger partial charge in [-0.05, 0) is 31.5 Å². The second-order valence-electron chi connectivity index (χ2n) is 3.74. The number of fused-ring (bicyclic) bond motifs is 1. The number of carbonyl (C=O) groups excluding carboxylic acids is 1. The number of aryl methyl sites for hydroxylation is 2. The molecule has 0 bridgehead atoms. The quantitative estimate of drug-likeness (QED) is 0.685. The molecule has 0 radical (unpaired) electrons. The Morgan fingerprint density at radius 3 is 2.60 bits per heavy atom. The summed E-state index contributed by atoms with van der Waals surface area (Å²) in [6.45, 7) is 5.33. The molecule has 78 valence electrons. The van der Waals surface area contributed by atoms with Gasteiger partial charge in [0, 0.05) is 17.9 Å². The Labute approximate surface area is 92.8 Å². The van der Waals surface area contributed by atoms with E-state index in [1.807, 2.05) is 26.0 Å². The van der Waals surface area contributed by atoms with Gasteiger partial charge in [-0.2, -0.15) is 0 Å². The average molecular weight is 223 g/mol. The first kappa shape index (κ1) is 10.2. The van der Waals surface area contributed by atoms with Crippen LogP contribution in [-0.2, 0) is 0 Å². The minimum atomic E-state index is -0.0718. The lowest BCUT2D eigenvalue weighted by Crippen LogP contribution is -1.90. The summed E-state index contributed by atoms with van der Waals surface area (Å²) in [6.07, 6.45) is 0. The molecule has 1 heterocycles. The van der Waals surface area contributed by atoms with Crippen molar-refractivity contribution in [2.75, 3.05) is 0 Å². The van der Waals surface area contributed by atoms with Crippen LogP contribution in [0.2, 0.25) is 5.02 Å². The van der Waals surface area contributed by atoms with Gasteiger partial charge in [0.05, 0.1) is 5.02 Å². The SMILES string of the molecule is CC(=O)c1oc2c(Cl)cc(C)cc2c1C. The van der Waals surface area contributed by atoms with E-state index in [2.05, 4.69) is 0 Å². The standard InChI is InChI=1S/C12H11ClO2/c1-6-4-9-7(2)11(8(3)14)15-12(9)10(13)5-6/h4-5H,1-3H3. The molecule has 0 amide bonds. The van der Waals surface area contributed by atoms with Crippen molar-refractivity contribution in [3.63, 3.8) is 0 Å². The van der Waals surface area contributed by atoms with E-state index < -0.39 is 0 Å². The van der Waals surface area contributed by atoms with Crippen LogP contribution in [0.3, 0.4) is 0 Å². The van der Waals surface area contributed by atoms with E-state index in [4.69, 9.17) is 16.0 Å². The Hall–Kier alpha value is -1.28. The average Bonchev–Trinajstić information content (AvgIpc) is 2.44. The summed E-state index contributed by atoms with van der Waals surface area (Å²) in [6, 6.07) is 3.81. The van der Waals surface area contributed by atoms with Crippen molar-refractivity contribution < 1.29 is 9.21 Å². The van der Waals surface area contributed by atoms with E-state index in [1.165, 1.54) is 6.92 Å². The molecule has 0 spiro atoms. The fourth-order valence-electron chi connectivity index (χ4n) is 1.75. The number of rotatable bonds is 1. The van der Waals surface area contributed by atoms with E-state index in [1.54, 1.807) is 0 Å². The first-order chi connectivity index (χ1) is 7.00. The predicted molar refractivity (Wildman–Crippen MR) is 60.7 cm³/mol. The molecule has 15 heavy (non-hydrogen) atoms. The molecule has 0 fully saturated rings. The third kappa shape index (κ3) is 1.55. The molecule has 1 aromatic carbocycles. The molecule has 0 N–H and O–H groups in total. The highest BCUT2D eigenvalue weighted by molar-refractivity contribution is 6.35. The summed E-state index contributed by atoms with van der Waals surface area (Å²) in [5, 5.41) is 1.48. The third-order valence-corrected chi connectivity index (χ3v) is 2.74. The number of ketones is 1. The fraction of sp³-hybridized carbons (Fsp3) is 0.250. The van der Waals surface area contributed by atoms with Crippen LogP contribution in [0.1, 0.15) is 28.6 Å². The minimum absolute atomic E-state index is 0.0718. The van der Waals surface area contributed by atoms with Gasteiger partial charge in [-0.25, -0.2) is 0 Å². The maximum atomic E-state index is 11.3. The summed E-state index contributed by atoms with van der Waals surface area (Å²) in [5.74, 6) is 0.329. The highest BCUT2D eigenvalue weighted by Gasteiger charge is 2.16. The number of benzene rings is 1. The Morgan fingerprint density at radius 1 is 1.33 bits per heavy atom. The summed E-state index contributed by atoms with van der Waals surface area (Å²) in [5.41, 5.74) is 2.53. The van der Waals surface area contributed by atoms with Crippen LogP contribution >= 0.6 is 11.6 Å². The van der Waals surface area contributed by atoms with Gasteiger partial charge in [0.15, 0.2) is 17.1 Å². The van der Waals surface area contributed by atoms with Gasteiger partial charge >= 0.3 is 0 Å². The maximum absolute atomic E-state index is 11.3. The van der Waals surface area contributed by atoms with Crippen molar-refractivity contribution in [1.29, 1.82) is 0 Å². The van der Waals surface area contributed by atoms with Crippen LogP contribution in [0.15, 0.2) is 16.5 Å². The van der Waals surface area contributed by atoms with Crippen molar-refractivity contribution in [2.24, 2.45) is 0 Å². The van der Waals surface area contributed by atoms with Crippen molar-refractivity contribution in [3.8, 4) is 0 Å². The lowest BCUT2D eigenvalue weighted by atomic mass is 10.1. The molecule has 3 heteroatoms. The third-order valence-electron chi connectivity index (χ3n) is 2.46. The van der Waals surface area contributed by atoms with Gasteiger partial charge in [0.2, 0.25) is 0 Å². The highest BCUT2D eigenvalue weighted by atomic mass is 35.5. The van der Waals surface area contributed by atoms with Gasteiger partial charge in [-0.1, -0.05) is 11.6 Å². The zero-order valence-electron chi connectivity index (χ0n) is 8.85. The first-order valence-corrected chi connectivity index (χ1v) is 5.08. The molecule has 0 aliphatic rings. The maximum Gasteiger partial charge on any atom is 0.195 e. The number of halogens is 1. The number of Topliss-reactive ketones (excluding diaryl/α,β-unsaturated/α-hetero) is 1. The lowest BCUT2D eigenvalue weighted by molar-refractivity contribution is 0.0988. The van der Waals surface area contributed by atoms with E-state index in [0.29, 0.717) is 16.4 Å². The Bertz CT molecular complexity index is 552. The van der Waals surface area contributed by atoms with Gasteiger partial charge in [-0.15, -0.1) is 0 Å². The second kappa shape index (κ2) is 3.38. The molecule has 0 saturated carbocycles. The van der Waals surface area contributed by atoms with Gasteiger partial charge in [0.1, 0.15) is 0 Å². The lowest BCUT2D eigenvalue weighted by Gasteiger charge is -1.95. The van der Waals surface area contributed by atoms with Crippen LogP contribution in [0, 0.1) is 13.8 Å². The van der Waals surface area contributed by atoms with Gasteiger partial charge in [-0.3, -0.25) is 4.79 Å². The largest absolute Gasteiger partial charge is 0.451 e. The van der Waals surface area contributed by atoms with E-state index in [-0.39, 0.29) is 5.78 Å². The number of furan rings is 1. The van der Waals surface area contributed by atoms with Crippen LogP contribution in [0.25, 0.3) is 11.0 Å². The van der Waals surface area contributed by atoms with Gasteiger partial charge < -0.3 is 4.42 Å². The molecule has 2 aromatic rings. The van der Waals surface area contributed by atoms with Crippen LogP contribution in [-0.4, -0.2) is 5.78 Å². The number of carbonyl (C=O) groups is 1. The smallest absolute Gasteiger partial charge is 0.195 e. The molecule has 0 aliphatic heterocycles. The van der Waals surface area contributed by atoms with Crippen LogP contribution in [0.5, 0.6) is 0 Å². The molecule has 2 rings (SSSR count). The van der Waals surface area contributed by atoms with Crippen LogP contribution in [0.4, 0.5) is 0 Å². The second-order valence-corrected chi connectivity index (χ2v) is 4.14. The predicted octanol–water partition coefficient (Wildman–Crippen LogP) is 3.91. The molecule has 0 unspecified atom stereocenters. The van der Waals surface area contributed by atoms with Gasteiger partial charge in [0.25, 0.3) is 0 Å². The van der Waals surface area contributed by atoms with Crippen molar-refractivity contribution in [1.82, 2.24) is 0 Å². The summed E-state index contributed by atoms with van der Waals surface area (Å²) < 4.78 is 5.46. The first-order valence-electron chi connectivity index (χ1n) is 4.71. The summed E-state index contributed by atoms with van der Waals surface area (Å²) in [4.78, 5) is 11.3. The molecule has 2 nitrogen and oxygen atoms in total. The Kier molecular flexibility index (Phi) is 2.31. The molecular weight excluding hydrogens is 212 g/mol. The molecule has 0 aliphatic carbocycles. The number of hydrogen-bond donors (Lipinski definition) is 0.